The third-order valence-electron chi connectivity index (χ3n) is 2.51. The van der Waals surface area contributed by atoms with Crippen LogP contribution in [0, 0.1) is 5.92 Å². The van der Waals surface area contributed by atoms with Crippen LogP contribution in [0.1, 0.15) is 13.3 Å². The van der Waals surface area contributed by atoms with Crippen LogP contribution < -0.4 is 5.32 Å². The molecule has 6 nitrogen and oxygen atoms in total. The molecule has 0 aliphatic carbocycles. The van der Waals surface area contributed by atoms with E-state index < -0.39 is 15.8 Å². The van der Waals surface area contributed by atoms with E-state index in [-0.39, 0.29) is 17.4 Å². The van der Waals surface area contributed by atoms with E-state index in [4.69, 9.17) is 0 Å². The van der Waals surface area contributed by atoms with Gasteiger partial charge < -0.3 is 5.32 Å². The summed E-state index contributed by atoms with van der Waals surface area (Å²) in [5.41, 5.74) is 0. The van der Waals surface area contributed by atoms with Crippen LogP contribution >= 0.6 is 23.1 Å². The van der Waals surface area contributed by atoms with Crippen molar-refractivity contribution in [2.24, 2.45) is 5.92 Å². The zero-order chi connectivity index (χ0) is 13.2. The zero-order valence-corrected chi connectivity index (χ0v) is 12.2. The molecule has 100 valence electrons. The normalized spacial score (nSPS) is 21.9. The van der Waals surface area contributed by atoms with E-state index in [1.807, 2.05) is 6.92 Å². The van der Waals surface area contributed by atoms with Crippen LogP contribution in [0.2, 0.25) is 0 Å². The van der Waals surface area contributed by atoms with Crippen LogP contribution in [0.4, 0.5) is 5.13 Å². The lowest BCUT2D eigenvalue weighted by Crippen LogP contribution is -2.23. The molecular weight excluding hydrogens is 294 g/mol. The Kier molecular flexibility index (Phi) is 4.23. The lowest BCUT2D eigenvalue weighted by atomic mass is 10.1. The number of nitrogens with zero attached hydrogens (tertiary/aromatic N) is 2. The second-order valence-electron chi connectivity index (χ2n) is 3.90. The zero-order valence-electron chi connectivity index (χ0n) is 9.75. The molecule has 1 aliphatic heterocycles. The molecule has 9 heteroatoms. The predicted molar refractivity (Wildman–Crippen MR) is 71.7 cm³/mol. The van der Waals surface area contributed by atoms with Gasteiger partial charge in [-0.3, -0.25) is 4.79 Å². The van der Waals surface area contributed by atoms with Crippen molar-refractivity contribution in [2.75, 3.05) is 22.6 Å². The number of hydrogen-bond acceptors (Lipinski definition) is 7. The fourth-order valence-corrected chi connectivity index (χ4v) is 5.04. The molecule has 0 unspecified atom stereocenters. The number of aromatic nitrogens is 2. The number of thioether (sulfide) groups is 1. The van der Waals surface area contributed by atoms with E-state index >= 15 is 0 Å². The molecule has 1 saturated heterocycles. The first-order valence-corrected chi connectivity index (χ1v) is 9.10. The maximum atomic E-state index is 11.8. The van der Waals surface area contributed by atoms with Crippen LogP contribution in [0.3, 0.4) is 0 Å². The fourth-order valence-electron chi connectivity index (χ4n) is 1.65. The maximum Gasteiger partial charge on any atom is 0.230 e. The molecule has 1 aromatic heterocycles. The third-order valence-corrected chi connectivity index (χ3v) is 6.13. The monoisotopic (exact) mass is 307 g/mol. The Labute approximate surface area is 113 Å². The Balaban J connectivity index is 1.95. The molecule has 1 fully saturated rings. The second-order valence-corrected chi connectivity index (χ2v) is 8.61. The Bertz CT molecular complexity index is 540. The van der Waals surface area contributed by atoms with Crippen molar-refractivity contribution >= 4 is 44.0 Å². The van der Waals surface area contributed by atoms with Crippen LogP contribution in [-0.2, 0) is 14.6 Å². The quantitative estimate of drug-likeness (QED) is 0.660. The van der Waals surface area contributed by atoms with Gasteiger partial charge in [0.15, 0.2) is 14.2 Å². The first-order chi connectivity index (χ1) is 8.50. The SMILES string of the molecule is CCSc1nnc(NC(=O)[C@H]2CCS(=O)(=O)C2)s1. The highest BCUT2D eigenvalue weighted by Crippen LogP contribution is 2.26. The van der Waals surface area contributed by atoms with Crippen LogP contribution in [-0.4, -0.2) is 41.8 Å². The van der Waals surface area contributed by atoms with E-state index in [9.17, 15) is 13.2 Å². The summed E-state index contributed by atoms with van der Waals surface area (Å²) in [6.07, 6.45) is 0.392. The molecule has 0 radical (unpaired) electrons. The van der Waals surface area contributed by atoms with Crippen molar-refractivity contribution in [1.29, 1.82) is 0 Å². The van der Waals surface area contributed by atoms with Crippen molar-refractivity contribution in [2.45, 2.75) is 17.7 Å². The summed E-state index contributed by atoms with van der Waals surface area (Å²) in [7, 11) is -3.03. The van der Waals surface area contributed by atoms with Gasteiger partial charge in [0.05, 0.1) is 17.4 Å². The number of carbonyl (C=O) groups excluding carboxylic acids is 1. The van der Waals surface area contributed by atoms with Crippen molar-refractivity contribution in [3.05, 3.63) is 0 Å². The highest BCUT2D eigenvalue weighted by Gasteiger charge is 2.33. The molecule has 1 aliphatic rings. The molecule has 18 heavy (non-hydrogen) atoms. The molecule has 2 heterocycles. The molecule has 0 aromatic carbocycles. The molecule has 0 saturated carbocycles. The smallest absolute Gasteiger partial charge is 0.230 e. The summed E-state index contributed by atoms with van der Waals surface area (Å²) in [5, 5.41) is 10.8. The molecular formula is C9H13N3O3S3. The number of rotatable bonds is 4. The summed E-state index contributed by atoms with van der Waals surface area (Å²) in [5.74, 6) is 0.192. The molecule has 1 aromatic rings. The van der Waals surface area contributed by atoms with Gasteiger partial charge in [0.1, 0.15) is 0 Å². The molecule has 1 atom stereocenters. The van der Waals surface area contributed by atoms with Gasteiger partial charge in [-0.2, -0.15) is 0 Å². The van der Waals surface area contributed by atoms with Crippen molar-refractivity contribution in [3.8, 4) is 0 Å². The highest BCUT2D eigenvalue weighted by atomic mass is 32.2. The summed E-state index contributed by atoms with van der Waals surface area (Å²) < 4.78 is 23.4. The van der Waals surface area contributed by atoms with Crippen LogP contribution in [0.15, 0.2) is 4.34 Å². The molecule has 1 N–H and O–H groups in total. The number of hydrogen-bond donors (Lipinski definition) is 1. The van der Waals surface area contributed by atoms with E-state index in [1.54, 1.807) is 11.8 Å². The van der Waals surface area contributed by atoms with E-state index in [2.05, 4.69) is 15.5 Å². The lowest BCUT2D eigenvalue weighted by Gasteiger charge is -2.05. The number of sulfone groups is 1. The van der Waals surface area contributed by atoms with E-state index in [0.29, 0.717) is 11.6 Å². The van der Waals surface area contributed by atoms with Gasteiger partial charge in [-0.1, -0.05) is 30.0 Å². The third kappa shape index (κ3) is 3.42. The molecule has 2 rings (SSSR count). The van der Waals surface area contributed by atoms with Gasteiger partial charge in [-0.15, -0.1) is 10.2 Å². The van der Waals surface area contributed by atoms with Crippen molar-refractivity contribution in [3.63, 3.8) is 0 Å². The van der Waals surface area contributed by atoms with Crippen molar-refractivity contribution < 1.29 is 13.2 Å². The fraction of sp³-hybridized carbons (Fsp3) is 0.667. The van der Waals surface area contributed by atoms with Gasteiger partial charge >= 0.3 is 0 Å². The van der Waals surface area contributed by atoms with Crippen LogP contribution in [0.25, 0.3) is 0 Å². The van der Waals surface area contributed by atoms with E-state index in [0.717, 1.165) is 10.1 Å². The Hall–Kier alpha value is -0.670. The highest BCUT2D eigenvalue weighted by molar-refractivity contribution is 8.01. The first-order valence-electron chi connectivity index (χ1n) is 5.48. The van der Waals surface area contributed by atoms with Gasteiger partial charge in [0.2, 0.25) is 11.0 Å². The Morgan fingerprint density at radius 3 is 2.94 bits per heavy atom. The maximum absolute atomic E-state index is 11.8. The summed E-state index contributed by atoms with van der Waals surface area (Å²) >= 11 is 2.86. The number of nitrogens with one attached hydrogen (secondary N) is 1. The van der Waals surface area contributed by atoms with Gasteiger partial charge in [0.25, 0.3) is 0 Å². The number of amides is 1. The topological polar surface area (TPSA) is 89.0 Å². The number of carbonyl (C=O) groups is 1. The predicted octanol–water partition coefficient (Wildman–Crippen LogP) is 1.02. The van der Waals surface area contributed by atoms with E-state index in [1.165, 1.54) is 11.3 Å². The Morgan fingerprint density at radius 2 is 2.33 bits per heavy atom. The number of anilines is 1. The van der Waals surface area contributed by atoms with Gasteiger partial charge in [0, 0.05) is 0 Å². The minimum Gasteiger partial charge on any atom is -0.300 e. The summed E-state index contributed by atoms with van der Waals surface area (Å²) in [6, 6.07) is 0. The minimum atomic E-state index is -3.03. The van der Waals surface area contributed by atoms with Gasteiger partial charge in [-0.05, 0) is 12.2 Å². The Morgan fingerprint density at radius 1 is 1.56 bits per heavy atom. The van der Waals surface area contributed by atoms with Gasteiger partial charge in [-0.25, -0.2) is 8.42 Å². The van der Waals surface area contributed by atoms with Crippen LogP contribution in [0.5, 0.6) is 0 Å². The average Bonchev–Trinajstić information content (AvgIpc) is 2.86. The molecule has 0 bridgehead atoms. The summed E-state index contributed by atoms with van der Waals surface area (Å²) in [4.78, 5) is 11.8. The lowest BCUT2D eigenvalue weighted by molar-refractivity contribution is -0.119. The van der Waals surface area contributed by atoms with Crippen molar-refractivity contribution in [1.82, 2.24) is 10.2 Å². The standard InChI is InChI=1S/C9H13N3O3S3/c1-2-16-9-12-11-8(17-9)10-7(13)6-3-4-18(14,15)5-6/h6H,2-5H2,1H3,(H,10,11,13)/t6-/m0/s1. The first kappa shape index (κ1) is 13.8. The molecule has 1 amide bonds. The summed E-state index contributed by atoms with van der Waals surface area (Å²) in [6.45, 7) is 2.01. The average molecular weight is 307 g/mol. The second kappa shape index (κ2) is 5.54. The molecule has 0 spiro atoms. The minimum absolute atomic E-state index is 0.0613. The largest absolute Gasteiger partial charge is 0.300 e.